The van der Waals surface area contributed by atoms with Gasteiger partial charge in [0.2, 0.25) is 5.91 Å². The monoisotopic (exact) mass is 371 g/mol. The van der Waals surface area contributed by atoms with Crippen LogP contribution in [-0.4, -0.2) is 54.2 Å². The molecule has 2 aliphatic rings. The van der Waals surface area contributed by atoms with Gasteiger partial charge in [0.25, 0.3) is 0 Å². The van der Waals surface area contributed by atoms with E-state index in [1.54, 1.807) is 0 Å². The molecule has 0 aliphatic carbocycles. The summed E-state index contributed by atoms with van der Waals surface area (Å²) in [4.78, 5) is 23.5. The summed E-state index contributed by atoms with van der Waals surface area (Å²) in [6, 6.07) is 0.686. The Morgan fingerprint density at radius 3 is 2.56 bits per heavy atom. The first-order valence-corrected chi connectivity index (χ1v) is 10.6. The number of fused-ring (bicyclic) bond motifs is 1. The highest BCUT2D eigenvalue weighted by Crippen LogP contribution is 2.33. The first kappa shape index (κ1) is 20.3. The maximum Gasteiger partial charge on any atom is 0.315 e. The number of urea groups is 1. The van der Waals surface area contributed by atoms with E-state index in [9.17, 15) is 9.59 Å². The highest BCUT2D eigenvalue weighted by Gasteiger charge is 2.42. The van der Waals surface area contributed by atoms with Crippen molar-refractivity contribution in [2.24, 2.45) is 11.5 Å². The van der Waals surface area contributed by atoms with Gasteiger partial charge in [-0.05, 0) is 51.6 Å². The second-order valence-electron chi connectivity index (χ2n) is 6.99. The third-order valence-corrected chi connectivity index (χ3v) is 6.47. The van der Waals surface area contributed by atoms with E-state index in [1.165, 1.54) is 0 Å². The van der Waals surface area contributed by atoms with Crippen LogP contribution >= 0.6 is 11.8 Å². The Morgan fingerprint density at radius 2 is 1.88 bits per heavy atom. The standard InChI is InChI=1S/C17H33N5O2S/c18-9-3-5-12(6-4-10-19)20-15(23)8-2-1-7-14-16-13(11-25-14)21-17(24)22-16/h12-14,16H,1-11,18-19H2,(H,20,23)(H2,21,22,24)/t13-,14-,16-/m0/s1. The molecule has 2 rings (SSSR count). The van der Waals surface area contributed by atoms with Crippen molar-refractivity contribution in [1.82, 2.24) is 16.0 Å². The molecule has 25 heavy (non-hydrogen) atoms. The van der Waals surface area contributed by atoms with E-state index >= 15 is 0 Å². The van der Waals surface area contributed by atoms with Crippen LogP contribution in [0.5, 0.6) is 0 Å². The van der Waals surface area contributed by atoms with Crippen molar-refractivity contribution in [3.05, 3.63) is 0 Å². The Kier molecular flexibility index (Phi) is 8.84. The molecule has 2 fully saturated rings. The van der Waals surface area contributed by atoms with Crippen molar-refractivity contribution >= 4 is 23.7 Å². The molecule has 2 heterocycles. The topological polar surface area (TPSA) is 122 Å². The predicted molar refractivity (Wildman–Crippen MR) is 102 cm³/mol. The van der Waals surface area contributed by atoms with Gasteiger partial charge in [-0.3, -0.25) is 4.79 Å². The van der Waals surface area contributed by atoms with Crippen LogP contribution in [0.25, 0.3) is 0 Å². The van der Waals surface area contributed by atoms with E-state index in [4.69, 9.17) is 11.5 Å². The van der Waals surface area contributed by atoms with Crippen LogP contribution in [-0.2, 0) is 4.79 Å². The van der Waals surface area contributed by atoms with Crippen LogP contribution in [0.3, 0.4) is 0 Å². The Labute approximate surface area is 154 Å². The summed E-state index contributed by atoms with van der Waals surface area (Å²) in [6.45, 7) is 1.31. The Bertz CT molecular complexity index is 429. The van der Waals surface area contributed by atoms with E-state index in [-0.39, 0.29) is 30.1 Å². The lowest BCUT2D eigenvalue weighted by Crippen LogP contribution is -2.37. The minimum Gasteiger partial charge on any atom is -0.353 e. The van der Waals surface area contributed by atoms with Gasteiger partial charge in [-0.15, -0.1) is 0 Å². The number of nitrogens with one attached hydrogen (secondary N) is 3. The molecule has 0 radical (unpaired) electrons. The molecule has 7 nitrogen and oxygen atoms in total. The maximum absolute atomic E-state index is 12.2. The van der Waals surface area contributed by atoms with Crippen molar-refractivity contribution < 1.29 is 9.59 Å². The molecule has 144 valence electrons. The summed E-state index contributed by atoms with van der Waals surface area (Å²) in [5.74, 6) is 1.12. The lowest BCUT2D eigenvalue weighted by molar-refractivity contribution is -0.122. The van der Waals surface area contributed by atoms with E-state index in [1.807, 2.05) is 11.8 Å². The van der Waals surface area contributed by atoms with Crippen LogP contribution in [0.1, 0.15) is 51.4 Å². The molecule has 8 heteroatoms. The fraction of sp³-hybridized carbons (Fsp3) is 0.882. The lowest BCUT2D eigenvalue weighted by atomic mass is 10.0. The van der Waals surface area contributed by atoms with Gasteiger partial charge in [0.05, 0.1) is 12.1 Å². The summed E-state index contributed by atoms with van der Waals surface area (Å²) in [5, 5.41) is 9.57. The zero-order chi connectivity index (χ0) is 18.1. The third kappa shape index (κ3) is 6.67. The first-order valence-electron chi connectivity index (χ1n) is 9.52. The molecule has 0 spiro atoms. The van der Waals surface area contributed by atoms with Gasteiger partial charge in [-0.2, -0.15) is 11.8 Å². The average molecular weight is 372 g/mol. The fourth-order valence-electron chi connectivity index (χ4n) is 3.59. The smallest absolute Gasteiger partial charge is 0.315 e. The highest BCUT2D eigenvalue weighted by molar-refractivity contribution is 8.00. The number of unbranched alkanes of at least 4 members (excludes halogenated alkanes) is 1. The average Bonchev–Trinajstić information content (AvgIpc) is 3.13. The molecule has 2 saturated heterocycles. The Balaban J connectivity index is 1.60. The van der Waals surface area contributed by atoms with Crippen LogP contribution < -0.4 is 27.4 Å². The molecule has 0 aromatic heterocycles. The summed E-state index contributed by atoms with van der Waals surface area (Å²) in [7, 11) is 0. The van der Waals surface area contributed by atoms with Crippen molar-refractivity contribution in [1.29, 1.82) is 0 Å². The number of carbonyl (C=O) groups is 2. The molecule has 0 aromatic carbocycles. The van der Waals surface area contributed by atoms with Crippen LogP contribution in [0.2, 0.25) is 0 Å². The van der Waals surface area contributed by atoms with E-state index < -0.39 is 0 Å². The molecule has 0 aromatic rings. The van der Waals surface area contributed by atoms with E-state index in [0.717, 1.165) is 50.7 Å². The van der Waals surface area contributed by atoms with Gasteiger partial charge in [0, 0.05) is 23.5 Å². The molecular weight excluding hydrogens is 338 g/mol. The first-order chi connectivity index (χ1) is 12.1. The second kappa shape index (κ2) is 10.9. The molecule has 2 aliphatic heterocycles. The third-order valence-electron chi connectivity index (χ3n) is 4.96. The Hall–Kier alpha value is -0.990. The van der Waals surface area contributed by atoms with Gasteiger partial charge in [0.1, 0.15) is 0 Å². The van der Waals surface area contributed by atoms with Gasteiger partial charge >= 0.3 is 6.03 Å². The van der Waals surface area contributed by atoms with Gasteiger partial charge in [-0.1, -0.05) is 6.42 Å². The van der Waals surface area contributed by atoms with Crippen LogP contribution in [0, 0.1) is 0 Å². The summed E-state index contributed by atoms with van der Waals surface area (Å²) < 4.78 is 0. The van der Waals surface area contributed by atoms with Gasteiger partial charge in [-0.25, -0.2) is 4.79 Å². The van der Waals surface area contributed by atoms with Gasteiger partial charge in [0.15, 0.2) is 0 Å². The number of nitrogens with two attached hydrogens (primary N) is 2. The maximum atomic E-state index is 12.2. The number of rotatable bonds is 12. The number of carbonyl (C=O) groups excluding carboxylic acids is 2. The van der Waals surface area contributed by atoms with Crippen LogP contribution in [0.15, 0.2) is 0 Å². The highest BCUT2D eigenvalue weighted by atomic mass is 32.2. The SMILES string of the molecule is NCCCC(CCCN)NC(=O)CCCC[C@@H]1SC[C@@H]2NC(=O)N[C@@H]21. The molecule has 0 bridgehead atoms. The van der Waals surface area contributed by atoms with Crippen LogP contribution in [0.4, 0.5) is 4.79 Å². The summed E-state index contributed by atoms with van der Waals surface area (Å²) in [5.41, 5.74) is 11.1. The van der Waals surface area contributed by atoms with Gasteiger partial charge < -0.3 is 27.4 Å². The number of hydrogen-bond acceptors (Lipinski definition) is 5. The number of hydrogen-bond donors (Lipinski definition) is 5. The van der Waals surface area contributed by atoms with E-state index in [2.05, 4.69) is 16.0 Å². The lowest BCUT2D eigenvalue weighted by Gasteiger charge is -2.19. The fourth-order valence-corrected chi connectivity index (χ4v) is 5.13. The molecule has 3 atom stereocenters. The van der Waals surface area contributed by atoms with Crippen molar-refractivity contribution in [3.63, 3.8) is 0 Å². The molecule has 0 saturated carbocycles. The number of thioether (sulfide) groups is 1. The number of amides is 3. The largest absolute Gasteiger partial charge is 0.353 e. The minimum absolute atomic E-state index is 0.0410. The molecule has 3 amide bonds. The quantitative estimate of drug-likeness (QED) is 0.255. The Morgan fingerprint density at radius 1 is 1.16 bits per heavy atom. The molecule has 7 N–H and O–H groups in total. The second-order valence-corrected chi connectivity index (χ2v) is 8.27. The van der Waals surface area contributed by atoms with Crippen molar-refractivity contribution in [2.45, 2.75) is 74.7 Å². The van der Waals surface area contributed by atoms with Crippen molar-refractivity contribution in [2.75, 3.05) is 18.8 Å². The zero-order valence-corrected chi connectivity index (χ0v) is 15.8. The normalized spacial score (nSPS) is 24.9. The zero-order valence-electron chi connectivity index (χ0n) is 15.0. The summed E-state index contributed by atoms with van der Waals surface area (Å²) >= 11 is 1.92. The minimum atomic E-state index is -0.0410. The van der Waals surface area contributed by atoms with E-state index in [0.29, 0.717) is 24.8 Å². The van der Waals surface area contributed by atoms with Crippen molar-refractivity contribution in [3.8, 4) is 0 Å². The predicted octanol–water partition coefficient (Wildman–Crippen LogP) is 0.675. The molecular formula is C17H33N5O2S. The summed E-state index contributed by atoms with van der Waals surface area (Å²) in [6.07, 6.45) is 7.23. The molecule has 0 unspecified atom stereocenters.